The van der Waals surface area contributed by atoms with Gasteiger partial charge in [-0.05, 0) is 67.7 Å². The standard InChI is InChI=1S/C17H23ClN6O.ClH/c1-2-15(17(25)20-10-8-12-7-9-19-11-12)24-22-16(21-23-24)13-3-5-14(18)6-4-13;/h3-6,12,15,19H,2,7-11H2,1H3,(H,20,25);1H. The average molecular weight is 399 g/mol. The molecule has 9 heteroatoms. The van der Waals surface area contributed by atoms with Gasteiger partial charge in [-0.1, -0.05) is 18.5 Å². The number of tetrazole rings is 1. The number of amides is 1. The Hall–Kier alpha value is -1.70. The summed E-state index contributed by atoms with van der Waals surface area (Å²) in [5, 5.41) is 19.5. The van der Waals surface area contributed by atoms with Crippen LogP contribution in [0.4, 0.5) is 0 Å². The lowest BCUT2D eigenvalue weighted by molar-refractivity contribution is -0.125. The molecule has 0 spiro atoms. The molecular weight excluding hydrogens is 375 g/mol. The molecule has 2 unspecified atom stereocenters. The zero-order valence-electron chi connectivity index (χ0n) is 14.7. The molecule has 26 heavy (non-hydrogen) atoms. The summed E-state index contributed by atoms with van der Waals surface area (Å²) in [6.45, 7) is 4.74. The van der Waals surface area contributed by atoms with Crippen molar-refractivity contribution in [2.24, 2.45) is 5.92 Å². The molecule has 2 atom stereocenters. The number of hydrogen-bond donors (Lipinski definition) is 2. The highest BCUT2D eigenvalue weighted by molar-refractivity contribution is 6.30. The van der Waals surface area contributed by atoms with Crippen LogP contribution in [-0.4, -0.2) is 45.7 Å². The van der Waals surface area contributed by atoms with Gasteiger partial charge in [0.2, 0.25) is 11.7 Å². The number of aromatic nitrogens is 4. The van der Waals surface area contributed by atoms with Crippen molar-refractivity contribution >= 4 is 29.9 Å². The first-order valence-corrected chi connectivity index (χ1v) is 9.09. The van der Waals surface area contributed by atoms with Crippen molar-refractivity contribution in [3.8, 4) is 11.4 Å². The van der Waals surface area contributed by atoms with E-state index >= 15 is 0 Å². The summed E-state index contributed by atoms with van der Waals surface area (Å²) in [5.41, 5.74) is 0.819. The van der Waals surface area contributed by atoms with Crippen molar-refractivity contribution in [2.75, 3.05) is 19.6 Å². The van der Waals surface area contributed by atoms with Crippen molar-refractivity contribution in [1.29, 1.82) is 0 Å². The highest BCUT2D eigenvalue weighted by atomic mass is 35.5. The van der Waals surface area contributed by atoms with E-state index in [0.29, 0.717) is 29.7 Å². The summed E-state index contributed by atoms with van der Waals surface area (Å²) in [6.07, 6.45) is 2.78. The summed E-state index contributed by atoms with van der Waals surface area (Å²) in [4.78, 5) is 13.9. The fraction of sp³-hybridized carbons (Fsp3) is 0.529. The minimum absolute atomic E-state index is 0. The van der Waals surface area contributed by atoms with Gasteiger partial charge in [-0.15, -0.1) is 22.6 Å². The van der Waals surface area contributed by atoms with Crippen molar-refractivity contribution in [2.45, 2.75) is 32.2 Å². The molecule has 1 aromatic heterocycles. The molecule has 0 aliphatic carbocycles. The Balaban J connectivity index is 0.00000243. The fourth-order valence-corrected chi connectivity index (χ4v) is 3.13. The van der Waals surface area contributed by atoms with E-state index in [0.717, 1.165) is 25.1 Å². The topological polar surface area (TPSA) is 84.7 Å². The molecule has 2 heterocycles. The van der Waals surface area contributed by atoms with E-state index in [1.54, 1.807) is 12.1 Å². The Labute approximate surface area is 164 Å². The lowest BCUT2D eigenvalue weighted by Gasteiger charge is -2.14. The molecule has 2 aromatic rings. The van der Waals surface area contributed by atoms with Gasteiger partial charge in [-0.25, -0.2) is 0 Å². The quantitative estimate of drug-likeness (QED) is 0.747. The molecule has 1 amide bonds. The highest BCUT2D eigenvalue weighted by Crippen LogP contribution is 2.18. The van der Waals surface area contributed by atoms with Crippen LogP contribution >= 0.6 is 24.0 Å². The van der Waals surface area contributed by atoms with Gasteiger partial charge in [0.05, 0.1) is 0 Å². The third-order valence-electron chi connectivity index (χ3n) is 4.51. The summed E-state index contributed by atoms with van der Waals surface area (Å²) < 4.78 is 0. The predicted molar refractivity (Wildman–Crippen MR) is 103 cm³/mol. The lowest BCUT2D eigenvalue weighted by Crippen LogP contribution is -2.34. The van der Waals surface area contributed by atoms with Gasteiger partial charge in [0.1, 0.15) is 0 Å². The maximum absolute atomic E-state index is 12.5. The maximum Gasteiger partial charge on any atom is 0.246 e. The van der Waals surface area contributed by atoms with E-state index in [-0.39, 0.29) is 18.3 Å². The number of carbonyl (C=O) groups excluding carboxylic acids is 1. The smallest absolute Gasteiger partial charge is 0.246 e. The van der Waals surface area contributed by atoms with Crippen LogP contribution in [0.2, 0.25) is 5.02 Å². The maximum atomic E-state index is 12.5. The van der Waals surface area contributed by atoms with Crippen molar-refractivity contribution < 1.29 is 4.79 Å². The number of rotatable bonds is 7. The van der Waals surface area contributed by atoms with Crippen LogP contribution in [0.1, 0.15) is 32.2 Å². The molecule has 2 N–H and O–H groups in total. The van der Waals surface area contributed by atoms with E-state index in [1.807, 2.05) is 19.1 Å². The van der Waals surface area contributed by atoms with Crippen LogP contribution in [0.3, 0.4) is 0 Å². The highest BCUT2D eigenvalue weighted by Gasteiger charge is 2.22. The second-order valence-corrected chi connectivity index (χ2v) is 6.74. The minimum atomic E-state index is -0.449. The summed E-state index contributed by atoms with van der Waals surface area (Å²) in [6, 6.07) is 6.77. The van der Waals surface area contributed by atoms with Crippen LogP contribution in [0.5, 0.6) is 0 Å². The lowest BCUT2D eigenvalue weighted by atomic mass is 10.1. The average Bonchev–Trinajstić information content (AvgIpc) is 3.28. The molecule has 7 nitrogen and oxygen atoms in total. The van der Waals surface area contributed by atoms with Crippen molar-refractivity contribution in [1.82, 2.24) is 30.8 Å². The van der Waals surface area contributed by atoms with Gasteiger partial charge in [0.25, 0.3) is 0 Å². The molecule has 0 saturated carbocycles. The van der Waals surface area contributed by atoms with Crippen molar-refractivity contribution in [3.05, 3.63) is 29.3 Å². The summed E-state index contributed by atoms with van der Waals surface area (Å²) in [7, 11) is 0. The van der Waals surface area contributed by atoms with Crippen molar-refractivity contribution in [3.63, 3.8) is 0 Å². The Morgan fingerprint density at radius 3 is 2.85 bits per heavy atom. The Morgan fingerprint density at radius 2 is 2.19 bits per heavy atom. The van der Waals surface area contributed by atoms with Gasteiger partial charge >= 0.3 is 0 Å². The minimum Gasteiger partial charge on any atom is -0.354 e. The largest absolute Gasteiger partial charge is 0.354 e. The second-order valence-electron chi connectivity index (χ2n) is 6.30. The van der Waals surface area contributed by atoms with E-state index in [4.69, 9.17) is 11.6 Å². The number of halogens is 2. The first-order valence-electron chi connectivity index (χ1n) is 8.71. The zero-order valence-corrected chi connectivity index (χ0v) is 16.3. The molecule has 3 rings (SSSR count). The van der Waals surface area contributed by atoms with E-state index in [1.165, 1.54) is 11.2 Å². The molecule has 0 bridgehead atoms. The molecular formula is C17H24Cl2N6O. The first kappa shape index (κ1) is 20.6. The van der Waals surface area contributed by atoms with Crippen LogP contribution in [0.25, 0.3) is 11.4 Å². The molecule has 1 saturated heterocycles. The van der Waals surface area contributed by atoms with Crippen LogP contribution in [-0.2, 0) is 4.79 Å². The number of nitrogens with one attached hydrogen (secondary N) is 2. The third kappa shape index (κ3) is 5.16. The van der Waals surface area contributed by atoms with E-state index in [2.05, 4.69) is 26.0 Å². The summed E-state index contributed by atoms with van der Waals surface area (Å²) in [5.74, 6) is 1.08. The monoisotopic (exact) mass is 398 g/mol. The molecule has 142 valence electrons. The second kappa shape index (κ2) is 9.85. The molecule has 1 aliphatic rings. The number of carbonyl (C=O) groups is 1. The fourth-order valence-electron chi connectivity index (χ4n) is 3.00. The number of hydrogen-bond acceptors (Lipinski definition) is 5. The van der Waals surface area contributed by atoms with E-state index < -0.39 is 6.04 Å². The van der Waals surface area contributed by atoms with Crippen LogP contribution < -0.4 is 10.6 Å². The van der Waals surface area contributed by atoms with Gasteiger partial charge < -0.3 is 10.6 Å². The van der Waals surface area contributed by atoms with Gasteiger partial charge in [-0.3, -0.25) is 4.79 Å². The molecule has 1 aliphatic heterocycles. The van der Waals surface area contributed by atoms with Crippen LogP contribution in [0.15, 0.2) is 24.3 Å². The Bertz CT molecular complexity index is 700. The molecule has 1 fully saturated rings. The van der Waals surface area contributed by atoms with Gasteiger partial charge in [0.15, 0.2) is 6.04 Å². The summed E-state index contributed by atoms with van der Waals surface area (Å²) >= 11 is 5.90. The number of benzene rings is 1. The third-order valence-corrected chi connectivity index (χ3v) is 4.76. The Morgan fingerprint density at radius 1 is 1.42 bits per heavy atom. The van der Waals surface area contributed by atoms with Gasteiger partial charge in [-0.2, -0.15) is 4.80 Å². The first-order chi connectivity index (χ1) is 12.2. The number of nitrogens with zero attached hydrogens (tertiary/aromatic N) is 4. The normalized spacial score (nSPS) is 17.5. The van der Waals surface area contributed by atoms with E-state index in [9.17, 15) is 4.79 Å². The van der Waals surface area contributed by atoms with Gasteiger partial charge in [0, 0.05) is 17.1 Å². The Kier molecular flexibility index (Phi) is 7.81. The van der Waals surface area contributed by atoms with Crippen LogP contribution in [0, 0.1) is 5.92 Å². The zero-order chi connectivity index (χ0) is 17.6. The molecule has 1 aromatic carbocycles. The predicted octanol–water partition coefficient (Wildman–Crippen LogP) is 2.48. The SMILES string of the molecule is CCC(C(=O)NCCC1CCNC1)n1nnc(-c2ccc(Cl)cc2)n1.Cl. The molecule has 0 radical (unpaired) electrons.